The Labute approximate surface area is 106 Å². The Morgan fingerprint density at radius 3 is 3.00 bits per heavy atom. The minimum absolute atomic E-state index is 0.416. The molecule has 1 fully saturated rings. The molecule has 0 bridgehead atoms. The highest BCUT2D eigenvalue weighted by Gasteiger charge is 2.32. The molecule has 1 aromatic heterocycles. The third kappa shape index (κ3) is 1.66. The number of nitrogens with one attached hydrogen (secondary N) is 1. The van der Waals surface area contributed by atoms with Gasteiger partial charge in [0.2, 0.25) is 0 Å². The fourth-order valence-corrected chi connectivity index (χ4v) is 2.72. The van der Waals surface area contributed by atoms with E-state index in [1.165, 1.54) is 24.0 Å². The van der Waals surface area contributed by atoms with Gasteiger partial charge in [0.25, 0.3) is 0 Å². The van der Waals surface area contributed by atoms with Crippen molar-refractivity contribution in [3.63, 3.8) is 0 Å². The topological polar surface area (TPSA) is 38.1 Å². The number of oxazole rings is 1. The summed E-state index contributed by atoms with van der Waals surface area (Å²) in [7, 11) is 0. The lowest BCUT2D eigenvalue weighted by molar-refractivity contribution is 0.457. The standard InChI is InChI=1S/C15H16N2O/c1-2-4-12-10(3-1)7-13(12)15-14(17-9-18-15)8-16-11-5-6-11/h1-4,9,11,13,16H,5-8H2. The number of benzene rings is 1. The lowest BCUT2D eigenvalue weighted by Gasteiger charge is -2.28. The van der Waals surface area contributed by atoms with Gasteiger partial charge in [0.1, 0.15) is 5.76 Å². The zero-order valence-corrected chi connectivity index (χ0v) is 10.2. The second-order valence-corrected chi connectivity index (χ2v) is 5.27. The van der Waals surface area contributed by atoms with E-state index in [2.05, 4.69) is 34.6 Å². The van der Waals surface area contributed by atoms with Gasteiger partial charge < -0.3 is 9.73 Å². The Morgan fingerprint density at radius 2 is 2.17 bits per heavy atom. The van der Waals surface area contributed by atoms with Gasteiger partial charge in [-0.05, 0) is 30.4 Å². The summed E-state index contributed by atoms with van der Waals surface area (Å²) in [6.07, 6.45) is 5.28. The molecule has 0 amide bonds. The van der Waals surface area contributed by atoms with Crippen molar-refractivity contribution >= 4 is 0 Å². The normalized spacial score (nSPS) is 21.4. The van der Waals surface area contributed by atoms with Crippen LogP contribution in [0.3, 0.4) is 0 Å². The minimum atomic E-state index is 0.416. The third-order valence-electron chi connectivity index (χ3n) is 3.98. The predicted octanol–water partition coefficient (Wildman–Crippen LogP) is 2.61. The molecular weight excluding hydrogens is 224 g/mol. The van der Waals surface area contributed by atoms with Crippen LogP contribution in [0.15, 0.2) is 35.1 Å². The number of nitrogens with zero attached hydrogens (tertiary/aromatic N) is 1. The molecule has 0 saturated heterocycles. The van der Waals surface area contributed by atoms with E-state index in [0.717, 1.165) is 24.4 Å². The highest BCUT2D eigenvalue weighted by Crippen LogP contribution is 2.41. The van der Waals surface area contributed by atoms with Gasteiger partial charge in [-0.15, -0.1) is 0 Å². The smallest absolute Gasteiger partial charge is 0.181 e. The zero-order chi connectivity index (χ0) is 11.9. The van der Waals surface area contributed by atoms with Crippen LogP contribution in [0.4, 0.5) is 0 Å². The average molecular weight is 240 g/mol. The number of aromatic nitrogens is 1. The maximum Gasteiger partial charge on any atom is 0.181 e. The van der Waals surface area contributed by atoms with E-state index in [4.69, 9.17) is 4.42 Å². The summed E-state index contributed by atoms with van der Waals surface area (Å²) < 4.78 is 5.63. The lowest BCUT2D eigenvalue weighted by atomic mass is 9.76. The largest absolute Gasteiger partial charge is 0.447 e. The van der Waals surface area contributed by atoms with Crippen molar-refractivity contribution in [2.24, 2.45) is 0 Å². The van der Waals surface area contributed by atoms with Crippen molar-refractivity contribution in [3.8, 4) is 0 Å². The Balaban J connectivity index is 1.57. The first kappa shape index (κ1) is 10.3. The number of hydrogen-bond donors (Lipinski definition) is 1. The molecule has 1 heterocycles. The van der Waals surface area contributed by atoms with Crippen LogP contribution in [0.1, 0.15) is 41.3 Å². The van der Waals surface area contributed by atoms with Crippen LogP contribution in [0.2, 0.25) is 0 Å². The van der Waals surface area contributed by atoms with Crippen LogP contribution >= 0.6 is 0 Å². The van der Waals surface area contributed by atoms with E-state index in [-0.39, 0.29) is 0 Å². The fourth-order valence-electron chi connectivity index (χ4n) is 2.72. The molecule has 4 rings (SSSR count). The summed E-state index contributed by atoms with van der Waals surface area (Å²) in [6.45, 7) is 0.842. The van der Waals surface area contributed by atoms with Gasteiger partial charge in [-0.25, -0.2) is 4.98 Å². The Kier molecular flexibility index (Phi) is 2.27. The number of fused-ring (bicyclic) bond motifs is 1. The van der Waals surface area contributed by atoms with Gasteiger partial charge in [-0.1, -0.05) is 24.3 Å². The van der Waals surface area contributed by atoms with Crippen LogP contribution in [0.25, 0.3) is 0 Å². The summed E-state index contributed by atoms with van der Waals surface area (Å²) in [4.78, 5) is 4.36. The van der Waals surface area contributed by atoms with E-state index in [0.29, 0.717) is 12.0 Å². The molecule has 3 nitrogen and oxygen atoms in total. The van der Waals surface area contributed by atoms with Crippen molar-refractivity contribution in [1.82, 2.24) is 10.3 Å². The lowest BCUT2D eigenvalue weighted by Crippen LogP contribution is -2.21. The third-order valence-corrected chi connectivity index (χ3v) is 3.98. The van der Waals surface area contributed by atoms with E-state index in [9.17, 15) is 0 Å². The molecule has 1 atom stereocenters. The Morgan fingerprint density at radius 1 is 1.28 bits per heavy atom. The molecular formula is C15H16N2O. The van der Waals surface area contributed by atoms with E-state index < -0.39 is 0 Å². The molecule has 1 aromatic carbocycles. The highest BCUT2D eigenvalue weighted by atomic mass is 16.3. The van der Waals surface area contributed by atoms with Gasteiger partial charge in [0, 0.05) is 18.5 Å². The van der Waals surface area contributed by atoms with Crippen LogP contribution in [-0.4, -0.2) is 11.0 Å². The second-order valence-electron chi connectivity index (χ2n) is 5.27. The van der Waals surface area contributed by atoms with Crippen molar-refractivity contribution in [3.05, 3.63) is 53.2 Å². The summed E-state index contributed by atoms with van der Waals surface area (Å²) in [5.41, 5.74) is 3.93. The summed E-state index contributed by atoms with van der Waals surface area (Å²) >= 11 is 0. The molecule has 2 aromatic rings. The van der Waals surface area contributed by atoms with E-state index >= 15 is 0 Å². The molecule has 92 valence electrons. The summed E-state index contributed by atoms with van der Waals surface area (Å²) in [5, 5.41) is 3.50. The monoisotopic (exact) mass is 240 g/mol. The molecule has 3 heteroatoms. The van der Waals surface area contributed by atoms with Gasteiger partial charge >= 0.3 is 0 Å². The van der Waals surface area contributed by atoms with Crippen molar-refractivity contribution < 1.29 is 4.42 Å². The Hall–Kier alpha value is -1.61. The van der Waals surface area contributed by atoms with Gasteiger partial charge in [-0.3, -0.25) is 0 Å². The van der Waals surface area contributed by atoms with Crippen LogP contribution in [0, 0.1) is 0 Å². The number of rotatable bonds is 4. The fraction of sp³-hybridized carbons (Fsp3) is 0.400. The molecule has 2 aliphatic carbocycles. The molecule has 0 aliphatic heterocycles. The molecule has 2 aliphatic rings. The van der Waals surface area contributed by atoms with Crippen LogP contribution in [0.5, 0.6) is 0 Å². The van der Waals surface area contributed by atoms with E-state index in [1.54, 1.807) is 6.39 Å². The SMILES string of the molecule is c1ccc2c(c1)CC2c1ocnc1CNC1CC1. The predicted molar refractivity (Wildman–Crippen MR) is 68.4 cm³/mol. The van der Waals surface area contributed by atoms with Crippen LogP contribution < -0.4 is 5.32 Å². The number of hydrogen-bond acceptors (Lipinski definition) is 3. The van der Waals surface area contributed by atoms with Crippen molar-refractivity contribution in [2.45, 2.75) is 37.8 Å². The maximum atomic E-state index is 5.63. The second kappa shape index (κ2) is 3.95. The van der Waals surface area contributed by atoms with E-state index in [1.807, 2.05) is 0 Å². The quantitative estimate of drug-likeness (QED) is 0.892. The van der Waals surface area contributed by atoms with Gasteiger partial charge in [0.05, 0.1) is 5.69 Å². The zero-order valence-electron chi connectivity index (χ0n) is 10.2. The average Bonchev–Trinajstić information content (AvgIpc) is 3.08. The first-order valence-corrected chi connectivity index (χ1v) is 6.65. The summed E-state index contributed by atoms with van der Waals surface area (Å²) in [6, 6.07) is 9.31. The molecule has 1 saturated carbocycles. The maximum absolute atomic E-state index is 5.63. The van der Waals surface area contributed by atoms with Crippen LogP contribution in [-0.2, 0) is 13.0 Å². The molecule has 0 spiro atoms. The Bertz CT molecular complexity index is 571. The first-order chi connectivity index (χ1) is 8.92. The molecule has 1 unspecified atom stereocenters. The minimum Gasteiger partial charge on any atom is -0.447 e. The van der Waals surface area contributed by atoms with Crippen molar-refractivity contribution in [1.29, 1.82) is 0 Å². The molecule has 18 heavy (non-hydrogen) atoms. The highest BCUT2D eigenvalue weighted by molar-refractivity contribution is 5.45. The summed E-state index contributed by atoms with van der Waals surface area (Å²) in [5.74, 6) is 1.47. The van der Waals surface area contributed by atoms with Gasteiger partial charge in [0.15, 0.2) is 6.39 Å². The molecule has 1 N–H and O–H groups in total. The molecule has 0 radical (unpaired) electrons. The van der Waals surface area contributed by atoms with Gasteiger partial charge in [-0.2, -0.15) is 0 Å². The first-order valence-electron chi connectivity index (χ1n) is 6.65. The van der Waals surface area contributed by atoms with Crippen molar-refractivity contribution in [2.75, 3.05) is 0 Å².